The zero-order valence-corrected chi connectivity index (χ0v) is 23.8. The topological polar surface area (TPSA) is 208 Å². The van der Waals surface area contributed by atoms with Crippen LogP contribution in [0, 0.1) is 0 Å². The van der Waals surface area contributed by atoms with Crippen LogP contribution in [0.15, 0.2) is 17.5 Å². The molecule has 1 heterocycles. The third-order valence-corrected chi connectivity index (χ3v) is 5.99. The molecule has 1 atom stereocenters. The highest BCUT2D eigenvalue weighted by atomic mass is 35.5. The van der Waals surface area contributed by atoms with Crippen molar-refractivity contribution in [2.75, 3.05) is 26.1 Å². The number of anilines is 1. The van der Waals surface area contributed by atoms with Crippen LogP contribution in [0.3, 0.4) is 0 Å². The van der Waals surface area contributed by atoms with Gasteiger partial charge in [0.2, 0.25) is 0 Å². The average molecular weight is 569 g/mol. The van der Waals surface area contributed by atoms with Crippen molar-refractivity contribution in [3.05, 3.63) is 28.8 Å². The van der Waals surface area contributed by atoms with Gasteiger partial charge < -0.3 is 36.3 Å². The Labute approximate surface area is 227 Å². The van der Waals surface area contributed by atoms with Gasteiger partial charge in [0.1, 0.15) is 11.4 Å². The van der Waals surface area contributed by atoms with Gasteiger partial charge in [0.25, 0.3) is 11.8 Å². The normalized spacial score (nSPS) is 10.9. The summed E-state index contributed by atoms with van der Waals surface area (Å²) >= 11 is 1.13. The molecule has 2 amide bonds. The van der Waals surface area contributed by atoms with Crippen molar-refractivity contribution in [3.8, 4) is 17.2 Å². The van der Waals surface area contributed by atoms with Crippen molar-refractivity contribution in [1.29, 1.82) is 0 Å². The highest BCUT2D eigenvalue weighted by Gasteiger charge is 2.20. The Morgan fingerprint density at radius 2 is 1.54 bits per heavy atom. The molecule has 2 aromatic rings. The number of hydrogen-bond acceptors (Lipinski definition) is 8. The number of phenols is 1. The molecule has 14 heteroatoms. The molecule has 0 aliphatic carbocycles. The highest BCUT2D eigenvalue weighted by Crippen LogP contribution is 2.34. The summed E-state index contributed by atoms with van der Waals surface area (Å²) in [5, 5.41) is 17.6. The third kappa shape index (κ3) is 10.7. The fraction of sp³-hybridized carbons (Fsp3) is 0.522. The fourth-order valence-corrected chi connectivity index (χ4v) is 4.16. The maximum atomic E-state index is 12.6. The van der Waals surface area contributed by atoms with Gasteiger partial charge in [-0.3, -0.25) is 19.8 Å². The van der Waals surface area contributed by atoms with Gasteiger partial charge in [0.05, 0.1) is 19.8 Å². The SMILES string of the molecule is COc1cc(O)c(C(=O)Nc2nc(C(=O)NC(C)CCN(C(C)C)C(C)C)cs2)cc1OC.Cl.O.O.O. The van der Waals surface area contributed by atoms with Crippen molar-refractivity contribution in [2.24, 2.45) is 0 Å². The van der Waals surface area contributed by atoms with Crippen molar-refractivity contribution in [2.45, 2.75) is 59.2 Å². The summed E-state index contributed by atoms with van der Waals surface area (Å²) < 4.78 is 10.3. The number of phenolic OH excluding ortho intramolecular Hbond substituents is 1. The van der Waals surface area contributed by atoms with E-state index in [1.807, 2.05) is 6.92 Å². The number of aromatic hydroxyl groups is 1. The van der Waals surface area contributed by atoms with E-state index < -0.39 is 5.91 Å². The molecule has 0 aliphatic heterocycles. The molecule has 2 rings (SSSR count). The molecule has 1 aromatic carbocycles. The first kappa shape index (κ1) is 38.8. The van der Waals surface area contributed by atoms with Crippen molar-refractivity contribution >= 4 is 40.7 Å². The summed E-state index contributed by atoms with van der Waals surface area (Å²) in [5.74, 6) is -0.522. The summed E-state index contributed by atoms with van der Waals surface area (Å²) in [4.78, 5) is 31.8. The Kier molecular flexibility index (Phi) is 18.6. The van der Waals surface area contributed by atoms with E-state index in [0.717, 1.165) is 24.3 Å². The summed E-state index contributed by atoms with van der Waals surface area (Å²) in [6, 6.07) is 3.52. The maximum Gasteiger partial charge on any atom is 0.271 e. The second kappa shape index (κ2) is 17.7. The van der Waals surface area contributed by atoms with Gasteiger partial charge in [-0.1, -0.05) is 0 Å². The number of ether oxygens (including phenoxy) is 2. The molecule has 0 spiro atoms. The maximum absolute atomic E-state index is 12.6. The Balaban J connectivity index is -0.00000289. The lowest BCUT2D eigenvalue weighted by Gasteiger charge is -2.31. The lowest BCUT2D eigenvalue weighted by molar-refractivity contribution is 0.0925. The van der Waals surface area contributed by atoms with Gasteiger partial charge in [-0.25, -0.2) is 4.98 Å². The number of nitrogens with one attached hydrogen (secondary N) is 2. The second-order valence-electron chi connectivity index (χ2n) is 8.30. The Bertz CT molecular complexity index is 966. The number of carbonyl (C=O) groups excluding carboxylic acids is 2. The number of aromatic nitrogens is 1. The van der Waals surface area contributed by atoms with Crippen LogP contribution in [0.5, 0.6) is 17.2 Å². The minimum absolute atomic E-state index is 0. The number of thiazole rings is 1. The van der Waals surface area contributed by atoms with E-state index >= 15 is 0 Å². The van der Waals surface area contributed by atoms with Gasteiger partial charge in [-0.15, -0.1) is 23.7 Å². The van der Waals surface area contributed by atoms with Crippen molar-refractivity contribution in [3.63, 3.8) is 0 Å². The molecular weight excluding hydrogens is 528 g/mol. The van der Waals surface area contributed by atoms with E-state index in [1.165, 1.54) is 26.4 Å². The first-order chi connectivity index (χ1) is 15.6. The van der Waals surface area contributed by atoms with E-state index in [4.69, 9.17) is 9.47 Å². The van der Waals surface area contributed by atoms with Gasteiger partial charge >= 0.3 is 0 Å². The molecule has 37 heavy (non-hydrogen) atoms. The number of amides is 2. The van der Waals surface area contributed by atoms with E-state index in [-0.39, 0.29) is 62.9 Å². The van der Waals surface area contributed by atoms with Gasteiger partial charge in [0, 0.05) is 42.2 Å². The first-order valence-electron chi connectivity index (χ1n) is 10.9. The highest BCUT2D eigenvalue weighted by molar-refractivity contribution is 7.14. The minimum Gasteiger partial charge on any atom is -0.507 e. The van der Waals surface area contributed by atoms with Crippen LogP contribution in [-0.4, -0.2) is 82.1 Å². The van der Waals surface area contributed by atoms with Gasteiger partial charge in [-0.05, 0) is 41.0 Å². The molecule has 1 aromatic heterocycles. The largest absolute Gasteiger partial charge is 0.507 e. The van der Waals surface area contributed by atoms with Crippen LogP contribution in [0.25, 0.3) is 0 Å². The lowest BCUT2D eigenvalue weighted by atomic mass is 10.1. The number of methoxy groups -OCH3 is 2. The Morgan fingerprint density at radius 1 is 1.00 bits per heavy atom. The zero-order valence-electron chi connectivity index (χ0n) is 22.2. The van der Waals surface area contributed by atoms with Crippen molar-refractivity contribution < 1.29 is 40.6 Å². The van der Waals surface area contributed by atoms with E-state index in [1.54, 1.807) is 5.38 Å². The zero-order chi connectivity index (χ0) is 24.7. The molecular formula is C23H41ClN4O8S. The molecule has 9 N–H and O–H groups in total. The van der Waals surface area contributed by atoms with Gasteiger partial charge in [0.15, 0.2) is 16.6 Å². The summed E-state index contributed by atoms with van der Waals surface area (Å²) in [7, 11) is 2.87. The minimum atomic E-state index is -0.578. The molecule has 12 nitrogen and oxygen atoms in total. The predicted octanol–water partition coefficient (Wildman–Crippen LogP) is 1.69. The van der Waals surface area contributed by atoms with Crippen LogP contribution in [0.2, 0.25) is 0 Å². The number of nitrogens with zero attached hydrogens (tertiary/aromatic N) is 2. The summed E-state index contributed by atoms with van der Waals surface area (Å²) in [6.45, 7) is 11.5. The molecule has 1 unspecified atom stereocenters. The van der Waals surface area contributed by atoms with Crippen LogP contribution in [-0.2, 0) is 0 Å². The van der Waals surface area contributed by atoms with E-state index in [2.05, 4.69) is 48.2 Å². The van der Waals surface area contributed by atoms with Crippen LogP contribution >= 0.6 is 23.7 Å². The lowest BCUT2D eigenvalue weighted by Crippen LogP contribution is -2.41. The third-order valence-electron chi connectivity index (χ3n) is 5.23. The number of halogens is 1. The van der Waals surface area contributed by atoms with Crippen LogP contribution in [0.1, 0.15) is 61.9 Å². The fourth-order valence-electron chi connectivity index (χ4n) is 3.48. The number of hydrogen-bond donors (Lipinski definition) is 3. The quantitative estimate of drug-likeness (QED) is 0.365. The first-order valence-corrected chi connectivity index (χ1v) is 11.7. The number of carbonyl (C=O) groups is 2. The molecule has 214 valence electrons. The van der Waals surface area contributed by atoms with Crippen LogP contribution in [0.4, 0.5) is 5.13 Å². The Morgan fingerprint density at radius 3 is 2.05 bits per heavy atom. The number of rotatable bonds is 11. The summed E-state index contributed by atoms with van der Waals surface area (Å²) in [6.07, 6.45) is 0.814. The van der Waals surface area contributed by atoms with Crippen LogP contribution < -0.4 is 20.1 Å². The van der Waals surface area contributed by atoms with Crippen molar-refractivity contribution in [1.82, 2.24) is 15.2 Å². The smallest absolute Gasteiger partial charge is 0.271 e. The molecule has 0 aliphatic rings. The van der Waals surface area contributed by atoms with E-state index in [9.17, 15) is 14.7 Å². The predicted molar refractivity (Wildman–Crippen MR) is 148 cm³/mol. The second-order valence-corrected chi connectivity index (χ2v) is 9.16. The molecule has 0 saturated carbocycles. The van der Waals surface area contributed by atoms with Gasteiger partial charge in [-0.2, -0.15) is 0 Å². The molecule has 0 saturated heterocycles. The monoisotopic (exact) mass is 568 g/mol. The standard InChI is InChI=1S/C23H34N4O5S.ClH.3H2O/c1-13(2)27(14(3)4)9-8-15(5)24-22(30)17-12-33-23(25-17)26-21(29)16-10-19(31-6)20(32-7)11-18(16)28;;;;/h10-15,28H,8-9H2,1-7H3,(H,24,30)(H,25,26,29);1H;3*1H2. The number of benzene rings is 1. The molecule has 0 bridgehead atoms. The average Bonchev–Trinajstić information content (AvgIpc) is 3.21. The summed E-state index contributed by atoms with van der Waals surface area (Å²) in [5.41, 5.74) is 0.227. The molecule has 0 fully saturated rings. The molecule has 0 radical (unpaired) electrons. The van der Waals surface area contributed by atoms with E-state index in [0.29, 0.717) is 23.6 Å². The Hall–Kier alpha value is -2.68.